The van der Waals surface area contributed by atoms with Crippen LogP contribution in [-0.2, 0) is 17.6 Å². The van der Waals surface area contributed by atoms with E-state index in [2.05, 4.69) is 17.4 Å². The number of nitrogens with one attached hydrogen (secondary N) is 1. The van der Waals surface area contributed by atoms with Crippen molar-refractivity contribution < 1.29 is 4.79 Å². The van der Waals surface area contributed by atoms with Crippen molar-refractivity contribution in [3.05, 3.63) is 29.3 Å². The molecule has 0 radical (unpaired) electrons. The molecule has 2 rings (SSSR count). The van der Waals surface area contributed by atoms with Gasteiger partial charge in [-0.05, 0) is 61.0 Å². The van der Waals surface area contributed by atoms with E-state index in [1.165, 1.54) is 17.5 Å². The minimum absolute atomic E-state index is 0.0815. The van der Waals surface area contributed by atoms with E-state index in [1.807, 2.05) is 12.3 Å². The van der Waals surface area contributed by atoms with Crippen molar-refractivity contribution in [2.45, 2.75) is 31.7 Å². The van der Waals surface area contributed by atoms with E-state index in [4.69, 9.17) is 5.73 Å². The smallest absolute Gasteiger partial charge is 0.241 e. The molecule has 0 bridgehead atoms. The zero-order chi connectivity index (χ0) is 13.0. The number of amides is 1. The third-order valence-electron chi connectivity index (χ3n) is 3.34. The zero-order valence-electron chi connectivity index (χ0n) is 10.7. The van der Waals surface area contributed by atoms with E-state index in [0.717, 1.165) is 30.7 Å². The third-order valence-corrected chi connectivity index (χ3v) is 3.98. The molecule has 3 nitrogen and oxygen atoms in total. The first-order valence-corrected chi connectivity index (χ1v) is 7.77. The summed E-state index contributed by atoms with van der Waals surface area (Å²) in [4.78, 5) is 11.9. The number of hydrogen-bond donors (Lipinski definition) is 2. The summed E-state index contributed by atoms with van der Waals surface area (Å²) in [5.41, 5.74) is 9.50. The fraction of sp³-hybridized carbons (Fsp3) is 0.500. The minimum atomic E-state index is -0.411. The SMILES string of the molecule is CSCCC(N)C(=O)Nc1ccc2c(c1)CCC2. The molecule has 0 aromatic heterocycles. The zero-order valence-corrected chi connectivity index (χ0v) is 11.6. The van der Waals surface area contributed by atoms with Gasteiger partial charge < -0.3 is 11.1 Å². The van der Waals surface area contributed by atoms with Crippen molar-refractivity contribution in [3.63, 3.8) is 0 Å². The Labute approximate surface area is 113 Å². The number of nitrogens with two attached hydrogens (primary N) is 1. The monoisotopic (exact) mass is 264 g/mol. The Balaban J connectivity index is 1.94. The lowest BCUT2D eigenvalue weighted by Gasteiger charge is -2.12. The Morgan fingerprint density at radius 2 is 2.22 bits per heavy atom. The highest BCUT2D eigenvalue weighted by molar-refractivity contribution is 7.98. The number of rotatable bonds is 5. The first-order chi connectivity index (χ1) is 8.70. The van der Waals surface area contributed by atoms with Crippen LogP contribution in [0.4, 0.5) is 5.69 Å². The van der Waals surface area contributed by atoms with Crippen molar-refractivity contribution in [3.8, 4) is 0 Å². The maximum absolute atomic E-state index is 11.9. The van der Waals surface area contributed by atoms with Gasteiger partial charge in [-0.3, -0.25) is 4.79 Å². The average molecular weight is 264 g/mol. The van der Waals surface area contributed by atoms with Gasteiger partial charge in [0.05, 0.1) is 6.04 Å². The summed E-state index contributed by atoms with van der Waals surface area (Å²) < 4.78 is 0. The van der Waals surface area contributed by atoms with Crippen LogP contribution >= 0.6 is 11.8 Å². The van der Waals surface area contributed by atoms with E-state index in [-0.39, 0.29) is 5.91 Å². The molecule has 3 N–H and O–H groups in total. The molecule has 0 spiro atoms. The fourth-order valence-corrected chi connectivity index (χ4v) is 2.75. The standard InChI is InChI=1S/C14H20N2OS/c1-18-8-7-13(15)14(17)16-12-6-5-10-3-2-4-11(10)9-12/h5-6,9,13H,2-4,7-8,15H2,1H3,(H,16,17). The summed E-state index contributed by atoms with van der Waals surface area (Å²) in [7, 11) is 0. The van der Waals surface area contributed by atoms with Crippen molar-refractivity contribution in [1.29, 1.82) is 0 Å². The van der Waals surface area contributed by atoms with Gasteiger partial charge in [0.25, 0.3) is 0 Å². The molecule has 1 aliphatic rings. The van der Waals surface area contributed by atoms with E-state index in [9.17, 15) is 4.79 Å². The highest BCUT2D eigenvalue weighted by Gasteiger charge is 2.15. The van der Waals surface area contributed by atoms with E-state index in [1.54, 1.807) is 11.8 Å². The molecule has 1 unspecified atom stereocenters. The van der Waals surface area contributed by atoms with Gasteiger partial charge in [0.1, 0.15) is 0 Å². The topological polar surface area (TPSA) is 55.1 Å². The Hall–Kier alpha value is -1.00. The molecule has 1 atom stereocenters. The van der Waals surface area contributed by atoms with Crippen LogP contribution in [0, 0.1) is 0 Å². The van der Waals surface area contributed by atoms with Crippen LogP contribution in [0.3, 0.4) is 0 Å². The predicted octanol–water partition coefficient (Wildman–Crippen LogP) is 2.19. The first kappa shape index (κ1) is 13.4. The van der Waals surface area contributed by atoms with E-state index < -0.39 is 6.04 Å². The molecule has 98 valence electrons. The fourth-order valence-electron chi connectivity index (χ4n) is 2.26. The number of anilines is 1. The van der Waals surface area contributed by atoms with Crippen LogP contribution in [0.1, 0.15) is 24.0 Å². The van der Waals surface area contributed by atoms with E-state index in [0.29, 0.717) is 0 Å². The number of thioether (sulfide) groups is 1. The van der Waals surface area contributed by atoms with Crippen molar-refractivity contribution in [2.24, 2.45) is 5.73 Å². The quantitative estimate of drug-likeness (QED) is 0.857. The van der Waals surface area contributed by atoms with Gasteiger partial charge in [0.2, 0.25) is 5.91 Å². The van der Waals surface area contributed by atoms with Gasteiger partial charge in [-0.1, -0.05) is 6.07 Å². The van der Waals surface area contributed by atoms with Gasteiger partial charge in [0.15, 0.2) is 0 Å². The van der Waals surface area contributed by atoms with E-state index >= 15 is 0 Å². The van der Waals surface area contributed by atoms with Gasteiger partial charge in [0, 0.05) is 5.69 Å². The largest absolute Gasteiger partial charge is 0.325 e. The Morgan fingerprint density at radius 1 is 1.44 bits per heavy atom. The number of fused-ring (bicyclic) bond motifs is 1. The van der Waals surface area contributed by atoms with Crippen molar-refractivity contribution in [1.82, 2.24) is 0 Å². The maximum Gasteiger partial charge on any atom is 0.241 e. The summed E-state index contributed by atoms with van der Waals surface area (Å²) in [6.07, 6.45) is 6.25. The highest BCUT2D eigenvalue weighted by Crippen LogP contribution is 2.24. The molecule has 0 heterocycles. The summed E-state index contributed by atoms with van der Waals surface area (Å²) in [6, 6.07) is 5.77. The summed E-state index contributed by atoms with van der Waals surface area (Å²) in [5, 5.41) is 2.91. The third kappa shape index (κ3) is 3.27. The van der Waals surface area contributed by atoms with Crippen LogP contribution < -0.4 is 11.1 Å². The van der Waals surface area contributed by atoms with Gasteiger partial charge >= 0.3 is 0 Å². The molecule has 1 aromatic carbocycles. The number of carbonyl (C=O) groups excluding carboxylic acids is 1. The lowest BCUT2D eigenvalue weighted by molar-refractivity contribution is -0.117. The first-order valence-electron chi connectivity index (χ1n) is 6.38. The van der Waals surface area contributed by atoms with Crippen molar-refractivity contribution >= 4 is 23.4 Å². The lowest BCUT2D eigenvalue weighted by Crippen LogP contribution is -2.36. The summed E-state index contributed by atoms with van der Waals surface area (Å²) in [5.74, 6) is 0.834. The minimum Gasteiger partial charge on any atom is -0.325 e. The normalized spacial score (nSPS) is 15.2. The molecule has 1 aromatic rings. The molecular weight excluding hydrogens is 244 g/mol. The maximum atomic E-state index is 11.9. The molecule has 0 aliphatic heterocycles. The van der Waals surface area contributed by atoms with Gasteiger partial charge in [-0.15, -0.1) is 0 Å². The highest BCUT2D eigenvalue weighted by atomic mass is 32.2. The number of benzene rings is 1. The molecule has 18 heavy (non-hydrogen) atoms. The molecule has 1 aliphatic carbocycles. The predicted molar refractivity (Wildman–Crippen MR) is 78.1 cm³/mol. The van der Waals surface area contributed by atoms with Gasteiger partial charge in [-0.2, -0.15) is 11.8 Å². The second-order valence-corrected chi connectivity index (χ2v) is 5.70. The number of hydrogen-bond acceptors (Lipinski definition) is 3. The van der Waals surface area contributed by atoms with Crippen LogP contribution in [0.2, 0.25) is 0 Å². The van der Waals surface area contributed by atoms with Gasteiger partial charge in [-0.25, -0.2) is 0 Å². The van der Waals surface area contributed by atoms with Crippen LogP contribution in [0.15, 0.2) is 18.2 Å². The van der Waals surface area contributed by atoms with Crippen LogP contribution in [0.5, 0.6) is 0 Å². The average Bonchev–Trinajstić information content (AvgIpc) is 2.83. The summed E-state index contributed by atoms with van der Waals surface area (Å²) in [6.45, 7) is 0. The van der Waals surface area contributed by atoms with Crippen LogP contribution in [0.25, 0.3) is 0 Å². The Kier molecular flexibility index (Phi) is 4.66. The second-order valence-electron chi connectivity index (χ2n) is 4.71. The molecule has 0 saturated heterocycles. The molecule has 0 saturated carbocycles. The number of carbonyl (C=O) groups is 1. The second kappa shape index (κ2) is 6.25. The Morgan fingerprint density at radius 3 is 3.00 bits per heavy atom. The summed E-state index contributed by atoms with van der Waals surface area (Å²) >= 11 is 1.71. The number of aryl methyl sites for hydroxylation is 2. The van der Waals surface area contributed by atoms with Crippen molar-refractivity contribution in [2.75, 3.05) is 17.3 Å². The molecular formula is C14H20N2OS. The molecule has 0 fully saturated rings. The molecule has 4 heteroatoms. The molecule has 1 amide bonds. The van der Waals surface area contributed by atoms with Crippen LogP contribution in [-0.4, -0.2) is 24.0 Å². The Bertz CT molecular complexity index is 434. The lowest BCUT2D eigenvalue weighted by atomic mass is 10.1.